The third-order valence-electron chi connectivity index (χ3n) is 3.00. The zero-order chi connectivity index (χ0) is 15.3. The molecule has 6 heteroatoms. The Morgan fingerprint density at radius 3 is 2.40 bits per heavy atom. The zero-order valence-electron chi connectivity index (χ0n) is 12.4. The van der Waals surface area contributed by atoms with Crippen LogP contribution in [0.4, 0.5) is 0 Å². The molecule has 20 heavy (non-hydrogen) atoms. The highest BCUT2D eigenvalue weighted by Gasteiger charge is 2.26. The molecule has 0 aromatic carbocycles. The van der Waals surface area contributed by atoms with E-state index in [4.69, 9.17) is 5.11 Å². The van der Waals surface area contributed by atoms with E-state index in [1.54, 1.807) is 28.2 Å². The summed E-state index contributed by atoms with van der Waals surface area (Å²) in [5.41, 5.74) is -0.363. The van der Waals surface area contributed by atoms with Crippen molar-refractivity contribution in [3.63, 3.8) is 0 Å². The Balaban J connectivity index is 2.63. The predicted octanol–water partition coefficient (Wildman–Crippen LogP) is 1.89. The van der Waals surface area contributed by atoms with Crippen molar-refractivity contribution in [1.29, 1.82) is 0 Å². The monoisotopic (exact) mass is 298 g/mol. The highest BCUT2D eigenvalue weighted by molar-refractivity contribution is 7.09. The van der Waals surface area contributed by atoms with E-state index in [1.807, 2.05) is 38.3 Å². The molecule has 0 radical (unpaired) electrons. The summed E-state index contributed by atoms with van der Waals surface area (Å²) in [6.07, 6.45) is 0. The minimum absolute atomic E-state index is 0.0745. The van der Waals surface area contributed by atoms with Gasteiger partial charge >= 0.3 is 5.97 Å². The molecule has 1 aromatic heterocycles. The molecule has 0 saturated carbocycles. The van der Waals surface area contributed by atoms with Gasteiger partial charge in [0.15, 0.2) is 0 Å². The van der Waals surface area contributed by atoms with Crippen molar-refractivity contribution in [3.05, 3.63) is 22.4 Å². The number of aliphatic carboxylic acids is 1. The van der Waals surface area contributed by atoms with Gasteiger partial charge in [-0.25, -0.2) is 0 Å². The minimum Gasteiger partial charge on any atom is -0.480 e. The molecule has 0 aliphatic heterocycles. The summed E-state index contributed by atoms with van der Waals surface area (Å²) in [5.74, 6) is -0.997. The van der Waals surface area contributed by atoms with Gasteiger partial charge in [0, 0.05) is 17.5 Å². The van der Waals surface area contributed by atoms with Crippen molar-refractivity contribution in [2.75, 3.05) is 20.1 Å². The first-order valence-corrected chi connectivity index (χ1v) is 7.31. The lowest BCUT2D eigenvalue weighted by molar-refractivity contribution is -0.141. The topological polar surface area (TPSA) is 60.9 Å². The number of hydrogen-bond acceptors (Lipinski definition) is 4. The number of carbonyl (C=O) groups excluding carboxylic acids is 1. The van der Waals surface area contributed by atoms with Crippen LogP contribution in [-0.4, -0.2) is 52.5 Å². The second kappa shape index (κ2) is 6.85. The number of nitrogens with zero attached hydrogens (tertiary/aromatic N) is 2. The Morgan fingerprint density at radius 1 is 1.30 bits per heavy atom. The quantitative estimate of drug-likeness (QED) is 0.871. The van der Waals surface area contributed by atoms with Gasteiger partial charge in [-0.15, -0.1) is 11.3 Å². The number of thiophene rings is 1. The van der Waals surface area contributed by atoms with Gasteiger partial charge in [0.2, 0.25) is 5.91 Å². The molecule has 0 aliphatic rings. The average molecular weight is 298 g/mol. The third-order valence-corrected chi connectivity index (χ3v) is 3.86. The van der Waals surface area contributed by atoms with E-state index in [0.29, 0.717) is 6.54 Å². The van der Waals surface area contributed by atoms with Crippen LogP contribution in [0.1, 0.15) is 25.6 Å². The molecule has 5 nitrogen and oxygen atoms in total. The molecule has 0 saturated heterocycles. The van der Waals surface area contributed by atoms with Gasteiger partial charge < -0.3 is 10.0 Å². The Kier molecular flexibility index (Phi) is 5.71. The molecule has 1 amide bonds. The maximum absolute atomic E-state index is 12.2. The maximum atomic E-state index is 12.2. The molecule has 0 unspecified atom stereocenters. The summed E-state index contributed by atoms with van der Waals surface area (Å²) in [4.78, 5) is 27.5. The second-order valence-electron chi connectivity index (χ2n) is 5.75. The van der Waals surface area contributed by atoms with Crippen molar-refractivity contribution < 1.29 is 14.7 Å². The highest BCUT2D eigenvalue weighted by Crippen LogP contribution is 2.14. The summed E-state index contributed by atoms with van der Waals surface area (Å²) in [6, 6.07) is 3.93. The molecule has 112 valence electrons. The van der Waals surface area contributed by atoms with Crippen molar-refractivity contribution in [2.24, 2.45) is 0 Å². The Morgan fingerprint density at radius 2 is 1.95 bits per heavy atom. The first kappa shape index (κ1) is 16.7. The molecular weight excluding hydrogens is 276 g/mol. The van der Waals surface area contributed by atoms with Gasteiger partial charge in [0.05, 0.1) is 19.6 Å². The first-order valence-electron chi connectivity index (χ1n) is 6.43. The van der Waals surface area contributed by atoms with Gasteiger partial charge in [-0.1, -0.05) is 6.07 Å². The van der Waals surface area contributed by atoms with Crippen LogP contribution in [0.25, 0.3) is 0 Å². The Labute approximate surface area is 123 Å². The van der Waals surface area contributed by atoms with Gasteiger partial charge in [-0.2, -0.15) is 0 Å². The van der Waals surface area contributed by atoms with E-state index in [9.17, 15) is 9.59 Å². The van der Waals surface area contributed by atoms with Crippen molar-refractivity contribution in [3.8, 4) is 0 Å². The number of carbonyl (C=O) groups is 2. The van der Waals surface area contributed by atoms with Crippen LogP contribution < -0.4 is 0 Å². The molecular formula is C14H22N2O3S. The fourth-order valence-corrected chi connectivity index (χ4v) is 2.46. The number of hydrogen-bond donors (Lipinski definition) is 1. The van der Waals surface area contributed by atoms with Crippen LogP contribution in [-0.2, 0) is 16.1 Å². The van der Waals surface area contributed by atoms with Crippen molar-refractivity contribution in [2.45, 2.75) is 32.9 Å². The number of carboxylic acid groups (broad SMARTS) is 1. The number of carboxylic acids is 1. The van der Waals surface area contributed by atoms with Gasteiger partial charge in [0.1, 0.15) is 0 Å². The number of likely N-dealkylation sites (N-methyl/N-ethyl adjacent to an activating group) is 1. The fourth-order valence-electron chi connectivity index (χ4n) is 1.70. The highest BCUT2D eigenvalue weighted by atomic mass is 32.1. The van der Waals surface area contributed by atoms with E-state index in [-0.39, 0.29) is 24.5 Å². The van der Waals surface area contributed by atoms with Crippen LogP contribution >= 0.6 is 11.3 Å². The largest absolute Gasteiger partial charge is 0.480 e. The lowest BCUT2D eigenvalue weighted by atomic mass is 10.1. The van der Waals surface area contributed by atoms with E-state index < -0.39 is 5.97 Å². The lowest BCUT2D eigenvalue weighted by Crippen LogP contribution is -2.49. The van der Waals surface area contributed by atoms with E-state index >= 15 is 0 Å². The van der Waals surface area contributed by atoms with Crippen LogP contribution in [0.2, 0.25) is 0 Å². The predicted molar refractivity (Wildman–Crippen MR) is 79.8 cm³/mol. The zero-order valence-corrected chi connectivity index (χ0v) is 13.2. The van der Waals surface area contributed by atoms with Crippen molar-refractivity contribution in [1.82, 2.24) is 9.80 Å². The number of rotatable bonds is 6. The average Bonchev–Trinajstić information content (AvgIpc) is 2.78. The summed E-state index contributed by atoms with van der Waals surface area (Å²) in [6.45, 7) is 6.24. The summed E-state index contributed by atoms with van der Waals surface area (Å²) in [7, 11) is 1.74. The van der Waals surface area contributed by atoms with Gasteiger partial charge in [-0.05, 0) is 32.2 Å². The van der Waals surface area contributed by atoms with E-state index in [2.05, 4.69) is 0 Å². The van der Waals surface area contributed by atoms with Crippen LogP contribution in [0.5, 0.6) is 0 Å². The van der Waals surface area contributed by atoms with Gasteiger partial charge in [-0.3, -0.25) is 14.5 Å². The fraction of sp³-hybridized carbons (Fsp3) is 0.571. The summed E-state index contributed by atoms with van der Waals surface area (Å²) >= 11 is 1.60. The van der Waals surface area contributed by atoms with Crippen LogP contribution in [0.3, 0.4) is 0 Å². The standard InChI is InChI=1S/C14H22N2O3S/c1-14(2,3)16(10-13(18)19)9-12(17)15(4)8-11-6-5-7-20-11/h5-7H,8-10H2,1-4H3,(H,18,19). The summed E-state index contributed by atoms with van der Waals surface area (Å²) < 4.78 is 0. The smallest absolute Gasteiger partial charge is 0.317 e. The molecule has 0 fully saturated rings. The Bertz CT molecular complexity index is 451. The molecule has 1 aromatic rings. The first-order chi connectivity index (χ1) is 9.20. The number of amides is 1. The van der Waals surface area contributed by atoms with E-state index in [0.717, 1.165) is 4.88 Å². The molecule has 0 atom stereocenters. The van der Waals surface area contributed by atoms with Crippen molar-refractivity contribution >= 4 is 23.2 Å². The van der Waals surface area contributed by atoms with Crippen LogP contribution in [0, 0.1) is 0 Å². The maximum Gasteiger partial charge on any atom is 0.317 e. The molecule has 0 aliphatic carbocycles. The molecule has 1 heterocycles. The second-order valence-corrected chi connectivity index (χ2v) is 6.78. The van der Waals surface area contributed by atoms with Crippen LogP contribution in [0.15, 0.2) is 17.5 Å². The van der Waals surface area contributed by atoms with E-state index in [1.165, 1.54) is 0 Å². The molecule has 1 N–H and O–H groups in total. The molecule has 0 bridgehead atoms. The third kappa shape index (κ3) is 5.30. The van der Waals surface area contributed by atoms with Gasteiger partial charge in [0.25, 0.3) is 0 Å². The molecule has 0 spiro atoms. The SMILES string of the molecule is CN(Cc1cccs1)C(=O)CN(CC(=O)O)C(C)(C)C. The normalized spacial score (nSPS) is 11.7. The Hall–Kier alpha value is -1.40. The molecule has 1 rings (SSSR count). The lowest BCUT2D eigenvalue weighted by Gasteiger charge is -2.34. The minimum atomic E-state index is -0.923. The summed E-state index contributed by atoms with van der Waals surface area (Å²) in [5, 5.41) is 10.9.